The number of nitrogens with zero attached hydrogens (tertiary/aromatic N) is 5. The molecule has 3 aromatic rings. The molecular formula is C16H15N5O3S. The van der Waals surface area contributed by atoms with Crippen molar-refractivity contribution in [2.24, 2.45) is 0 Å². The minimum absolute atomic E-state index is 0.000202. The summed E-state index contributed by atoms with van der Waals surface area (Å²) in [6, 6.07) is 0. The summed E-state index contributed by atoms with van der Waals surface area (Å²) < 4.78 is 2.97. The molecular weight excluding hydrogens is 342 g/mol. The van der Waals surface area contributed by atoms with Crippen LogP contribution in [0.25, 0.3) is 21.9 Å². The van der Waals surface area contributed by atoms with Crippen molar-refractivity contribution in [3.05, 3.63) is 38.5 Å². The van der Waals surface area contributed by atoms with Gasteiger partial charge >= 0.3 is 5.97 Å². The van der Waals surface area contributed by atoms with Crippen LogP contribution in [-0.4, -0.2) is 35.6 Å². The van der Waals surface area contributed by atoms with Gasteiger partial charge in [0.2, 0.25) is 0 Å². The van der Waals surface area contributed by atoms with Gasteiger partial charge in [0.1, 0.15) is 22.9 Å². The zero-order valence-electron chi connectivity index (χ0n) is 13.7. The number of aliphatic carboxylic acids is 1. The van der Waals surface area contributed by atoms with Crippen LogP contribution in [0.2, 0.25) is 0 Å². The first-order valence-electron chi connectivity index (χ1n) is 7.77. The minimum atomic E-state index is -0.977. The lowest BCUT2D eigenvalue weighted by Gasteiger charge is -2.02. The molecule has 3 aromatic heterocycles. The van der Waals surface area contributed by atoms with Crippen LogP contribution in [-0.2, 0) is 17.9 Å². The van der Waals surface area contributed by atoms with Crippen LogP contribution in [0.3, 0.4) is 0 Å². The third-order valence-corrected chi connectivity index (χ3v) is 5.46. The van der Waals surface area contributed by atoms with E-state index in [0.717, 1.165) is 20.8 Å². The van der Waals surface area contributed by atoms with Crippen LogP contribution in [0.4, 0.5) is 0 Å². The molecule has 0 saturated heterocycles. The number of carboxylic acids is 1. The Morgan fingerprint density at radius 2 is 2.24 bits per heavy atom. The second-order valence-electron chi connectivity index (χ2n) is 6.01. The van der Waals surface area contributed by atoms with Crippen molar-refractivity contribution in [3.63, 3.8) is 0 Å². The predicted octanol–water partition coefficient (Wildman–Crippen LogP) is 1.70. The number of aromatic nitrogens is 5. The Hall–Kier alpha value is -2.81. The number of carbonyl (C=O) groups is 1. The highest BCUT2D eigenvalue weighted by molar-refractivity contribution is 7.18. The van der Waals surface area contributed by atoms with Crippen LogP contribution in [0.5, 0.6) is 0 Å². The largest absolute Gasteiger partial charge is 0.480 e. The van der Waals surface area contributed by atoms with E-state index in [-0.39, 0.29) is 12.1 Å². The van der Waals surface area contributed by atoms with Crippen LogP contribution in [0.1, 0.15) is 28.4 Å². The van der Waals surface area contributed by atoms with Gasteiger partial charge in [-0.3, -0.25) is 14.2 Å². The molecule has 1 aliphatic heterocycles. The van der Waals surface area contributed by atoms with Gasteiger partial charge in [-0.15, -0.1) is 16.4 Å². The number of carboxylic acid groups (broad SMARTS) is 1. The van der Waals surface area contributed by atoms with Crippen LogP contribution in [0.15, 0.2) is 11.0 Å². The van der Waals surface area contributed by atoms with Crippen LogP contribution >= 0.6 is 11.3 Å². The standard InChI is InChI=1S/C16H15N5O3S/c1-8-9(2)25-15-13(8)16(24)21-4-3-10(14(21)17-15)5-11-6-20(19-18-11)7-12(22)23/h5-6H,3-4,7H2,1-2H3,(H,22,23). The van der Waals surface area contributed by atoms with Gasteiger partial charge in [-0.05, 0) is 37.5 Å². The monoisotopic (exact) mass is 357 g/mol. The van der Waals surface area contributed by atoms with Crippen molar-refractivity contribution in [2.45, 2.75) is 33.4 Å². The maximum Gasteiger partial charge on any atom is 0.325 e. The predicted molar refractivity (Wildman–Crippen MR) is 93.5 cm³/mol. The molecule has 0 radical (unpaired) electrons. The fraction of sp³-hybridized carbons (Fsp3) is 0.312. The van der Waals surface area contributed by atoms with E-state index >= 15 is 0 Å². The van der Waals surface area contributed by atoms with Crippen molar-refractivity contribution in [3.8, 4) is 0 Å². The summed E-state index contributed by atoms with van der Waals surface area (Å²) >= 11 is 1.53. The summed E-state index contributed by atoms with van der Waals surface area (Å²) in [6.07, 6.45) is 4.07. The highest BCUT2D eigenvalue weighted by atomic mass is 32.1. The van der Waals surface area contributed by atoms with Gasteiger partial charge in [-0.1, -0.05) is 5.21 Å². The number of thiophene rings is 1. The van der Waals surface area contributed by atoms with Gasteiger partial charge in [-0.2, -0.15) is 0 Å². The summed E-state index contributed by atoms with van der Waals surface area (Å²) in [5.74, 6) is -0.319. The molecule has 9 heteroatoms. The molecule has 1 aliphatic rings. The van der Waals surface area contributed by atoms with Gasteiger partial charge in [0.05, 0.1) is 11.6 Å². The Morgan fingerprint density at radius 1 is 1.44 bits per heavy atom. The third-order valence-electron chi connectivity index (χ3n) is 4.36. The first-order chi connectivity index (χ1) is 11.9. The number of aryl methyl sites for hydroxylation is 2. The van der Waals surface area contributed by atoms with E-state index in [1.165, 1.54) is 16.0 Å². The third kappa shape index (κ3) is 2.56. The molecule has 25 heavy (non-hydrogen) atoms. The zero-order chi connectivity index (χ0) is 17.7. The topological polar surface area (TPSA) is 103 Å². The number of hydrogen-bond donors (Lipinski definition) is 1. The minimum Gasteiger partial charge on any atom is -0.480 e. The molecule has 1 N–H and O–H groups in total. The number of hydrogen-bond acceptors (Lipinski definition) is 6. The van der Waals surface area contributed by atoms with Gasteiger partial charge in [-0.25, -0.2) is 9.67 Å². The summed E-state index contributed by atoms with van der Waals surface area (Å²) in [4.78, 5) is 30.1. The van der Waals surface area contributed by atoms with Gasteiger partial charge < -0.3 is 5.11 Å². The van der Waals surface area contributed by atoms with E-state index in [4.69, 9.17) is 10.1 Å². The van der Waals surface area contributed by atoms with Crippen molar-refractivity contribution in [1.29, 1.82) is 0 Å². The maximum atomic E-state index is 12.8. The van der Waals surface area contributed by atoms with Crippen molar-refractivity contribution >= 4 is 39.2 Å². The molecule has 0 saturated carbocycles. The van der Waals surface area contributed by atoms with E-state index < -0.39 is 5.97 Å². The zero-order valence-corrected chi connectivity index (χ0v) is 14.5. The van der Waals surface area contributed by atoms with E-state index in [1.54, 1.807) is 10.8 Å². The molecule has 0 aliphatic carbocycles. The number of allylic oxidation sites excluding steroid dienone is 1. The Morgan fingerprint density at radius 3 is 3.00 bits per heavy atom. The van der Waals surface area contributed by atoms with Gasteiger partial charge in [0.15, 0.2) is 0 Å². The molecule has 4 heterocycles. The van der Waals surface area contributed by atoms with E-state index in [9.17, 15) is 9.59 Å². The maximum absolute atomic E-state index is 12.8. The lowest BCUT2D eigenvalue weighted by atomic mass is 10.2. The fourth-order valence-electron chi connectivity index (χ4n) is 3.03. The number of fused-ring (bicyclic) bond motifs is 2. The SMILES string of the molecule is Cc1sc2nc3n(c(=O)c2c1C)CCC3=Cc1cn(CC(=O)O)nn1. The van der Waals surface area contributed by atoms with E-state index in [1.807, 2.05) is 19.9 Å². The Bertz CT molecular complexity index is 1110. The van der Waals surface area contributed by atoms with Crippen molar-refractivity contribution < 1.29 is 9.90 Å². The molecule has 0 bridgehead atoms. The molecule has 0 aromatic carbocycles. The second-order valence-corrected chi connectivity index (χ2v) is 7.21. The average Bonchev–Trinajstić information content (AvgIpc) is 3.21. The second kappa shape index (κ2) is 5.62. The average molecular weight is 357 g/mol. The molecule has 128 valence electrons. The van der Waals surface area contributed by atoms with Crippen molar-refractivity contribution in [2.75, 3.05) is 0 Å². The van der Waals surface area contributed by atoms with Gasteiger partial charge in [0, 0.05) is 11.4 Å². The smallest absolute Gasteiger partial charge is 0.325 e. The molecule has 0 fully saturated rings. The van der Waals surface area contributed by atoms with Crippen molar-refractivity contribution in [1.82, 2.24) is 24.5 Å². The quantitative estimate of drug-likeness (QED) is 0.765. The highest BCUT2D eigenvalue weighted by Gasteiger charge is 2.23. The molecule has 0 spiro atoms. The summed E-state index contributed by atoms with van der Waals surface area (Å²) in [5.41, 5.74) is 2.46. The lowest BCUT2D eigenvalue weighted by molar-refractivity contribution is -0.137. The van der Waals surface area contributed by atoms with Gasteiger partial charge in [0.25, 0.3) is 5.56 Å². The molecule has 8 nitrogen and oxygen atoms in total. The lowest BCUT2D eigenvalue weighted by Crippen LogP contribution is -2.20. The molecule has 4 rings (SSSR count). The first kappa shape index (κ1) is 15.7. The van der Waals surface area contributed by atoms with E-state index in [2.05, 4.69) is 10.3 Å². The van der Waals surface area contributed by atoms with Crippen LogP contribution < -0.4 is 5.56 Å². The highest BCUT2D eigenvalue weighted by Crippen LogP contribution is 2.31. The molecule has 0 atom stereocenters. The normalized spacial score (nSPS) is 15.2. The fourth-order valence-corrected chi connectivity index (χ4v) is 4.05. The summed E-state index contributed by atoms with van der Waals surface area (Å²) in [5, 5.41) is 17.3. The Labute approximate surface area is 146 Å². The number of rotatable bonds is 3. The Kier molecular flexibility index (Phi) is 3.53. The molecule has 0 unspecified atom stereocenters. The first-order valence-corrected chi connectivity index (χ1v) is 8.59. The van der Waals surface area contributed by atoms with Crippen LogP contribution in [0, 0.1) is 13.8 Å². The summed E-state index contributed by atoms with van der Waals surface area (Å²) in [6.45, 7) is 4.30. The molecule has 0 amide bonds. The summed E-state index contributed by atoms with van der Waals surface area (Å²) in [7, 11) is 0. The Balaban J connectivity index is 1.79. The van der Waals surface area contributed by atoms with E-state index in [0.29, 0.717) is 29.9 Å².